The molecule has 4 heteroatoms. The van der Waals surface area contributed by atoms with Crippen LogP contribution in [0.4, 0.5) is 0 Å². The van der Waals surface area contributed by atoms with Gasteiger partial charge in [-0.2, -0.15) is 0 Å². The Labute approximate surface area is 118 Å². The van der Waals surface area contributed by atoms with Crippen molar-refractivity contribution in [3.8, 4) is 0 Å². The Morgan fingerprint density at radius 2 is 1.06 bits per heavy atom. The van der Waals surface area contributed by atoms with Gasteiger partial charge in [0.15, 0.2) is 0 Å². The summed E-state index contributed by atoms with van der Waals surface area (Å²) in [4.78, 5) is 0. The molecule has 0 aromatic heterocycles. The molecule has 0 saturated heterocycles. The molecule has 0 spiro atoms. The van der Waals surface area contributed by atoms with Gasteiger partial charge in [-0.1, -0.05) is 39.1 Å². The molecule has 0 heterocycles. The molecule has 0 atom stereocenters. The Balaban J connectivity index is 0. The Kier molecular flexibility index (Phi) is 10.2. The van der Waals surface area contributed by atoms with Crippen LogP contribution in [-0.4, -0.2) is 16.6 Å². The minimum Gasteiger partial charge on any atom is -0.449 e. The predicted molar refractivity (Wildman–Crippen MR) is 74.9 cm³/mol. The van der Waals surface area contributed by atoms with E-state index in [4.69, 9.17) is 4.12 Å². The Morgan fingerprint density at radius 3 is 1.19 bits per heavy atom. The van der Waals surface area contributed by atoms with Crippen molar-refractivity contribution in [2.24, 2.45) is 0 Å². The van der Waals surface area contributed by atoms with E-state index in [0.29, 0.717) is 0 Å². The van der Waals surface area contributed by atoms with Crippen molar-refractivity contribution in [1.82, 2.24) is 0 Å². The summed E-state index contributed by atoms with van der Waals surface area (Å²) in [6, 6.07) is 4.54. The predicted octanol–water partition coefficient (Wildman–Crippen LogP) is 4.42. The monoisotopic (exact) mass is 437 g/mol. The van der Waals surface area contributed by atoms with Crippen LogP contribution in [-0.2, 0) is 25.2 Å². The van der Waals surface area contributed by atoms with E-state index in [1.807, 2.05) is 0 Å². The smallest absolute Gasteiger partial charge is 0.203 e. The van der Waals surface area contributed by atoms with Crippen molar-refractivity contribution in [1.29, 1.82) is 0 Å². The van der Waals surface area contributed by atoms with Gasteiger partial charge in [0.2, 0.25) is 16.6 Å². The maximum atomic E-state index is 6.56. The van der Waals surface area contributed by atoms with Crippen molar-refractivity contribution < 1.29 is 25.2 Å². The molecule has 0 amide bonds. The van der Waals surface area contributed by atoms with Gasteiger partial charge in [-0.05, 0) is 24.2 Å². The first-order valence-electron chi connectivity index (χ1n) is 6.04. The molecule has 0 aromatic rings. The average Bonchev–Trinajstić information content (AvgIpc) is 2.33. The second kappa shape index (κ2) is 8.62. The normalized spacial score (nSPS) is 11.8. The van der Waals surface area contributed by atoms with E-state index in [1.165, 1.54) is 0 Å². The molecule has 0 fully saturated rings. The van der Waals surface area contributed by atoms with E-state index >= 15 is 0 Å². The van der Waals surface area contributed by atoms with Crippen LogP contribution in [0.2, 0.25) is 24.2 Å². The molecule has 1 nitrogen and oxygen atoms in total. The van der Waals surface area contributed by atoms with Crippen LogP contribution in [0, 0.1) is 0 Å². The van der Waals surface area contributed by atoms with Crippen molar-refractivity contribution >= 4 is 16.6 Å². The quantitative estimate of drug-likeness (QED) is 0.511. The molecule has 0 unspecified atom stereocenters. The standard InChI is InChI=1S/C12H26OSi2.Pt/c1-7-14(8-2,9-3)13-15(10-4,11-5)12-6;/h7,10H,1,4,8-9,11-12H2,2-3,5-6H3;. The molecule has 0 radical (unpaired) electrons. The SMILES string of the molecule is C=C[Si](CC)(CC)O[Si](C=C)(CC)CC.[Pt]. The van der Waals surface area contributed by atoms with Gasteiger partial charge in [-0.15, -0.1) is 13.2 Å². The molecule has 0 rings (SSSR count). The van der Waals surface area contributed by atoms with Gasteiger partial charge in [-0.25, -0.2) is 0 Å². The molecule has 0 bridgehead atoms. The largest absolute Gasteiger partial charge is 0.449 e. The molecule has 16 heavy (non-hydrogen) atoms. The Bertz CT molecular complexity index is 189. The summed E-state index contributed by atoms with van der Waals surface area (Å²) in [6.45, 7) is 16.9. The number of hydrogen-bond acceptors (Lipinski definition) is 1. The molecule has 0 aliphatic heterocycles. The van der Waals surface area contributed by atoms with E-state index < -0.39 is 16.6 Å². The fourth-order valence-electron chi connectivity index (χ4n) is 1.85. The summed E-state index contributed by atoms with van der Waals surface area (Å²) in [5.41, 5.74) is 4.23. The van der Waals surface area contributed by atoms with E-state index in [2.05, 4.69) is 52.3 Å². The molecule has 0 aromatic carbocycles. The van der Waals surface area contributed by atoms with Crippen LogP contribution >= 0.6 is 0 Å². The summed E-state index contributed by atoms with van der Waals surface area (Å²) >= 11 is 0. The van der Waals surface area contributed by atoms with E-state index in [-0.39, 0.29) is 21.1 Å². The molecular weight excluding hydrogens is 411 g/mol. The van der Waals surface area contributed by atoms with Crippen molar-refractivity contribution in [3.63, 3.8) is 0 Å². The van der Waals surface area contributed by atoms with Gasteiger partial charge < -0.3 is 4.12 Å². The summed E-state index contributed by atoms with van der Waals surface area (Å²) in [5, 5.41) is 0. The topological polar surface area (TPSA) is 9.23 Å². The minimum atomic E-state index is -1.66. The van der Waals surface area contributed by atoms with Gasteiger partial charge in [-0.3, -0.25) is 0 Å². The summed E-state index contributed by atoms with van der Waals surface area (Å²) in [7, 11) is -3.32. The van der Waals surface area contributed by atoms with Crippen LogP contribution < -0.4 is 0 Å². The van der Waals surface area contributed by atoms with Crippen LogP contribution in [0.1, 0.15) is 27.7 Å². The van der Waals surface area contributed by atoms with E-state index in [1.54, 1.807) is 0 Å². The fraction of sp³-hybridized carbons (Fsp3) is 0.667. The van der Waals surface area contributed by atoms with Gasteiger partial charge >= 0.3 is 0 Å². The zero-order valence-corrected chi connectivity index (χ0v) is 15.4. The molecule has 0 N–H and O–H groups in total. The van der Waals surface area contributed by atoms with Gasteiger partial charge in [0.25, 0.3) is 0 Å². The van der Waals surface area contributed by atoms with E-state index in [9.17, 15) is 0 Å². The van der Waals surface area contributed by atoms with Gasteiger partial charge in [0, 0.05) is 21.1 Å². The first-order chi connectivity index (χ1) is 7.07. The third-order valence-corrected chi connectivity index (χ3v) is 13.1. The summed E-state index contributed by atoms with van der Waals surface area (Å²) in [5.74, 6) is 0. The van der Waals surface area contributed by atoms with Gasteiger partial charge in [0.1, 0.15) is 0 Å². The number of hydrogen-bond donors (Lipinski definition) is 0. The van der Waals surface area contributed by atoms with Crippen molar-refractivity contribution in [2.45, 2.75) is 51.9 Å². The minimum absolute atomic E-state index is 0. The van der Waals surface area contributed by atoms with Crippen LogP contribution in [0.3, 0.4) is 0 Å². The Hall–Kier alpha value is 0.562. The zero-order chi connectivity index (χ0) is 11.9. The van der Waals surface area contributed by atoms with E-state index in [0.717, 1.165) is 24.2 Å². The Morgan fingerprint density at radius 1 is 0.812 bits per heavy atom. The third kappa shape index (κ3) is 4.44. The second-order valence-electron chi connectivity index (χ2n) is 4.05. The summed E-state index contributed by atoms with van der Waals surface area (Å²) < 4.78 is 6.56. The molecule has 0 aliphatic rings. The molecule has 0 saturated carbocycles. The maximum Gasteiger partial charge on any atom is 0.203 e. The molecular formula is C12H26OPtSi2. The second-order valence-corrected chi connectivity index (χ2v) is 12.8. The van der Waals surface area contributed by atoms with Crippen molar-refractivity contribution in [3.05, 3.63) is 24.6 Å². The number of rotatable bonds is 8. The van der Waals surface area contributed by atoms with Gasteiger partial charge in [0.05, 0.1) is 0 Å². The third-order valence-electron chi connectivity index (χ3n) is 3.54. The first kappa shape index (κ1) is 18.9. The zero-order valence-electron chi connectivity index (χ0n) is 11.1. The fourth-order valence-corrected chi connectivity index (χ4v) is 10.2. The van der Waals surface area contributed by atoms with Crippen LogP contribution in [0.25, 0.3) is 0 Å². The molecule has 0 aliphatic carbocycles. The average molecular weight is 438 g/mol. The van der Waals surface area contributed by atoms with Crippen molar-refractivity contribution in [2.75, 3.05) is 0 Å². The molecule has 98 valence electrons. The summed E-state index contributed by atoms with van der Waals surface area (Å²) in [6.07, 6.45) is 0. The van der Waals surface area contributed by atoms with Crippen LogP contribution in [0.5, 0.6) is 0 Å². The first-order valence-corrected chi connectivity index (χ1v) is 10.8. The maximum absolute atomic E-state index is 6.56. The van der Waals surface area contributed by atoms with Crippen LogP contribution in [0.15, 0.2) is 24.6 Å².